The highest BCUT2D eigenvalue weighted by Crippen LogP contribution is 2.20. The zero-order chi connectivity index (χ0) is 12.0. The Morgan fingerprint density at radius 2 is 1.88 bits per heavy atom. The third-order valence-corrected chi connectivity index (χ3v) is 2.26. The first-order chi connectivity index (χ1) is 7.65. The van der Waals surface area contributed by atoms with Gasteiger partial charge in [0.05, 0.1) is 19.3 Å². The van der Waals surface area contributed by atoms with Crippen molar-refractivity contribution in [1.82, 2.24) is 0 Å². The lowest BCUT2D eigenvalue weighted by Crippen LogP contribution is -2.28. The molecule has 0 radical (unpaired) electrons. The van der Waals surface area contributed by atoms with E-state index in [2.05, 4.69) is 0 Å². The minimum atomic E-state index is -0.260. The van der Waals surface area contributed by atoms with Gasteiger partial charge in [0, 0.05) is 13.2 Å². The van der Waals surface area contributed by atoms with Gasteiger partial charge in [-0.25, -0.2) is 4.39 Å². The first-order valence-corrected chi connectivity index (χ1v) is 5.26. The highest BCUT2D eigenvalue weighted by molar-refractivity contribution is 5.19. The Morgan fingerprint density at radius 3 is 2.38 bits per heavy atom. The van der Waals surface area contributed by atoms with Crippen molar-refractivity contribution in [1.29, 1.82) is 0 Å². The van der Waals surface area contributed by atoms with Crippen molar-refractivity contribution in [3.63, 3.8) is 0 Å². The molecular formula is C12H18FNO2. The molecule has 3 nitrogen and oxygen atoms in total. The van der Waals surface area contributed by atoms with Crippen LogP contribution in [0.4, 0.5) is 4.39 Å². The molecule has 2 unspecified atom stereocenters. The van der Waals surface area contributed by atoms with E-state index in [1.807, 2.05) is 6.92 Å². The fourth-order valence-corrected chi connectivity index (χ4v) is 1.46. The van der Waals surface area contributed by atoms with Crippen molar-refractivity contribution in [2.24, 2.45) is 5.73 Å². The molecule has 2 atom stereocenters. The maximum Gasteiger partial charge on any atom is 0.123 e. The van der Waals surface area contributed by atoms with E-state index < -0.39 is 0 Å². The van der Waals surface area contributed by atoms with Crippen LogP contribution < -0.4 is 5.73 Å². The minimum Gasteiger partial charge on any atom is -0.382 e. The summed E-state index contributed by atoms with van der Waals surface area (Å²) in [5.41, 5.74) is 6.71. The lowest BCUT2D eigenvalue weighted by Gasteiger charge is -2.21. The Labute approximate surface area is 95.4 Å². The van der Waals surface area contributed by atoms with E-state index in [-0.39, 0.29) is 18.0 Å². The number of methoxy groups -OCH3 is 1. The molecule has 0 aliphatic carbocycles. The molecule has 0 saturated heterocycles. The predicted molar refractivity (Wildman–Crippen MR) is 60.6 cm³/mol. The Bertz CT molecular complexity index is 300. The first kappa shape index (κ1) is 13.1. The second-order valence-corrected chi connectivity index (χ2v) is 3.69. The van der Waals surface area contributed by atoms with Crippen LogP contribution in [0.15, 0.2) is 24.3 Å². The van der Waals surface area contributed by atoms with Gasteiger partial charge in [0.1, 0.15) is 5.82 Å². The summed E-state index contributed by atoms with van der Waals surface area (Å²) in [6.45, 7) is 2.85. The summed E-state index contributed by atoms with van der Waals surface area (Å²) >= 11 is 0. The quantitative estimate of drug-likeness (QED) is 0.755. The normalized spacial score (nSPS) is 14.8. The molecule has 1 aromatic carbocycles. The molecule has 0 aliphatic rings. The van der Waals surface area contributed by atoms with Gasteiger partial charge in [0.2, 0.25) is 0 Å². The summed E-state index contributed by atoms with van der Waals surface area (Å²) in [5.74, 6) is -0.260. The van der Waals surface area contributed by atoms with Crippen LogP contribution in [0.2, 0.25) is 0 Å². The molecule has 90 valence electrons. The number of ether oxygens (including phenoxy) is 2. The first-order valence-electron chi connectivity index (χ1n) is 5.26. The van der Waals surface area contributed by atoms with E-state index in [9.17, 15) is 4.39 Å². The lowest BCUT2D eigenvalue weighted by atomic mass is 10.0. The molecule has 1 rings (SSSR count). The SMILES string of the molecule is COCCOC(c1ccc(F)cc1)C(C)N. The van der Waals surface area contributed by atoms with Crippen LogP contribution in [-0.4, -0.2) is 26.4 Å². The number of nitrogens with two attached hydrogens (primary N) is 1. The number of hydrogen-bond donors (Lipinski definition) is 1. The van der Waals surface area contributed by atoms with Gasteiger partial charge in [-0.1, -0.05) is 12.1 Å². The van der Waals surface area contributed by atoms with Crippen LogP contribution in [0.25, 0.3) is 0 Å². The van der Waals surface area contributed by atoms with Crippen LogP contribution in [-0.2, 0) is 9.47 Å². The van der Waals surface area contributed by atoms with Crippen LogP contribution >= 0.6 is 0 Å². The Balaban J connectivity index is 2.65. The van der Waals surface area contributed by atoms with Crippen molar-refractivity contribution in [2.75, 3.05) is 20.3 Å². The van der Waals surface area contributed by atoms with Crippen LogP contribution in [0.5, 0.6) is 0 Å². The molecule has 1 aromatic rings. The summed E-state index contributed by atoms with van der Waals surface area (Å²) < 4.78 is 23.3. The maximum absolute atomic E-state index is 12.8. The Kier molecular flexibility index (Phi) is 5.38. The van der Waals surface area contributed by atoms with Gasteiger partial charge < -0.3 is 15.2 Å². The molecule has 0 spiro atoms. The number of hydrogen-bond acceptors (Lipinski definition) is 3. The zero-order valence-electron chi connectivity index (χ0n) is 9.65. The molecule has 0 fully saturated rings. The fourth-order valence-electron chi connectivity index (χ4n) is 1.46. The van der Waals surface area contributed by atoms with E-state index in [1.165, 1.54) is 12.1 Å². The van der Waals surface area contributed by atoms with Gasteiger partial charge in [0.15, 0.2) is 0 Å². The van der Waals surface area contributed by atoms with Crippen LogP contribution in [0, 0.1) is 5.82 Å². The zero-order valence-corrected chi connectivity index (χ0v) is 9.65. The predicted octanol–water partition coefficient (Wildman–Crippen LogP) is 1.88. The summed E-state index contributed by atoms with van der Waals surface area (Å²) in [6.07, 6.45) is -0.226. The summed E-state index contributed by atoms with van der Waals surface area (Å²) in [7, 11) is 1.61. The summed E-state index contributed by atoms with van der Waals surface area (Å²) in [6, 6.07) is 6.04. The van der Waals surface area contributed by atoms with Crippen molar-refractivity contribution < 1.29 is 13.9 Å². The van der Waals surface area contributed by atoms with Crippen molar-refractivity contribution in [2.45, 2.75) is 19.1 Å². The molecule has 0 bridgehead atoms. The van der Waals surface area contributed by atoms with Gasteiger partial charge >= 0.3 is 0 Å². The standard InChI is InChI=1S/C12H18FNO2/c1-9(14)12(16-8-7-15-2)10-3-5-11(13)6-4-10/h3-6,9,12H,7-8,14H2,1-2H3. The average Bonchev–Trinajstić information content (AvgIpc) is 2.26. The smallest absolute Gasteiger partial charge is 0.123 e. The molecule has 0 saturated carbocycles. The van der Waals surface area contributed by atoms with Crippen molar-refractivity contribution in [3.05, 3.63) is 35.6 Å². The molecule has 0 aliphatic heterocycles. The van der Waals surface area contributed by atoms with Gasteiger partial charge in [0.25, 0.3) is 0 Å². The van der Waals surface area contributed by atoms with E-state index in [0.29, 0.717) is 13.2 Å². The topological polar surface area (TPSA) is 44.5 Å². The number of benzene rings is 1. The second kappa shape index (κ2) is 6.58. The van der Waals surface area contributed by atoms with Crippen molar-refractivity contribution in [3.8, 4) is 0 Å². The monoisotopic (exact) mass is 227 g/mol. The second-order valence-electron chi connectivity index (χ2n) is 3.69. The summed E-state index contributed by atoms with van der Waals surface area (Å²) in [4.78, 5) is 0. The lowest BCUT2D eigenvalue weighted by molar-refractivity contribution is 0.00615. The van der Waals surface area contributed by atoms with Crippen molar-refractivity contribution >= 4 is 0 Å². The van der Waals surface area contributed by atoms with Crippen LogP contribution in [0.1, 0.15) is 18.6 Å². The third-order valence-electron chi connectivity index (χ3n) is 2.26. The molecule has 16 heavy (non-hydrogen) atoms. The molecule has 0 heterocycles. The van der Waals surface area contributed by atoms with E-state index in [0.717, 1.165) is 5.56 Å². The molecular weight excluding hydrogens is 209 g/mol. The molecule has 0 amide bonds. The third kappa shape index (κ3) is 3.89. The largest absolute Gasteiger partial charge is 0.382 e. The minimum absolute atomic E-state index is 0.151. The van der Waals surface area contributed by atoms with E-state index in [4.69, 9.17) is 15.2 Å². The highest BCUT2D eigenvalue weighted by atomic mass is 19.1. The van der Waals surface area contributed by atoms with Gasteiger partial charge in [-0.3, -0.25) is 0 Å². The molecule has 4 heteroatoms. The number of halogens is 1. The average molecular weight is 227 g/mol. The van der Waals surface area contributed by atoms with Crippen LogP contribution in [0.3, 0.4) is 0 Å². The Hall–Kier alpha value is -0.970. The highest BCUT2D eigenvalue weighted by Gasteiger charge is 2.16. The van der Waals surface area contributed by atoms with E-state index in [1.54, 1.807) is 19.2 Å². The Morgan fingerprint density at radius 1 is 1.25 bits per heavy atom. The van der Waals surface area contributed by atoms with Gasteiger partial charge in [-0.2, -0.15) is 0 Å². The van der Waals surface area contributed by atoms with Gasteiger partial charge in [-0.05, 0) is 24.6 Å². The fraction of sp³-hybridized carbons (Fsp3) is 0.500. The summed E-state index contributed by atoms with van der Waals surface area (Å²) in [5, 5.41) is 0. The van der Waals surface area contributed by atoms with Gasteiger partial charge in [-0.15, -0.1) is 0 Å². The number of rotatable bonds is 6. The molecule has 0 aromatic heterocycles. The maximum atomic E-state index is 12.8. The molecule has 2 N–H and O–H groups in total. The van der Waals surface area contributed by atoms with E-state index >= 15 is 0 Å².